The third-order valence-corrected chi connectivity index (χ3v) is 4.40. The van der Waals surface area contributed by atoms with E-state index in [-0.39, 0.29) is 24.5 Å². The highest BCUT2D eigenvalue weighted by atomic mass is 16.5. The number of hydrogen-bond acceptors (Lipinski definition) is 4. The van der Waals surface area contributed by atoms with E-state index in [0.717, 1.165) is 25.9 Å². The molecule has 0 aromatic carbocycles. The predicted octanol–water partition coefficient (Wildman–Crippen LogP) is 0.953. The molecule has 2 atom stereocenters. The highest BCUT2D eigenvalue weighted by Gasteiger charge is 2.31. The Hall–Kier alpha value is -1.14. The van der Waals surface area contributed by atoms with Crippen LogP contribution in [0, 0.1) is 0 Å². The first-order valence-electron chi connectivity index (χ1n) is 7.94. The molecule has 2 saturated heterocycles. The van der Waals surface area contributed by atoms with Crippen LogP contribution in [-0.4, -0.2) is 71.7 Å². The average Bonchev–Trinajstić information content (AvgIpc) is 2.74. The number of rotatable bonds is 4. The van der Waals surface area contributed by atoms with Gasteiger partial charge in [-0.05, 0) is 19.8 Å². The molecule has 2 heterocycles. The highest BCUT2D eigenvalue weighted by Crippen LogP contribution is 2.16. The van der Waals surface area contributed by atoms with E-state index in [1.807, 2.05) is 11.8 Å². The number of nitrogens with zero attached hydrogens (tertiary/aromatic N) is 2. The SMILES string of the molecule is CC(C(=O)N1CCCCCC1)N1CCOC(CC(=O)O)C1. The first-order chi connectivity index (χ1) is 10.1. The minimum absolute atomic E-state index is 0.00112. The molecule has 1 N–H and O–H groups in total. The van der Waals surface area contributed by atoms with Crippen molar-refractivity contribution in [3.8, 4) is 0 Å². The molecular formula is C15H26N2O4. The molecule has 0 bridgehead atoms. The first kappa shape index (κ1) is 16.2. The number of ether oxygens (including phenoxy) is 1. The molecule has 0 spiro atoms. The Morgan fingerprint density at radius 2 is 1.86 bits per heavy atom. The van der Waals surface area contributed by atoms with Crippen molar-refractivity contribution in [3.63, 3.8) is 0 Å². The Morgan fingerprint density at radius 3 is 2.48 bits per heavy atom. The zero-order valence-corrected chi connectivity index (χ0v) is 12.8. The van der Waals surface area contributed by atoms with Gasteiger partial charge < -0.3 is 14.7 Å². The lowest BCUT2D eigenvalue weighted by molar-refractivity contribution is -0.144. The van der Waals surface area contributed by atoms with Gasteiger partial charge in [0.15, 0.2) is 0 Å². The fourth-order valence-electron chi connectivity index (χ4n) is 3.12. The van der Waals surface area contributed by atoms with Crippen molar-refractivity contribution >= 4 is 11.9 Å². The van der Waals surface area contributed by atoms with Crippen LogP contribution < -0.4 is 0 Å². The molecule has 6 heteroatoms. The second-order valence-corrected chi connectivity index (χ2v) is 6.00. The molecule has 0 saturated carbocycles. The Kier molecular flexibility index (Phi) is 5.99. The van der Waals surface area contributed by atoms with Gasteiger partial charge in [0, 0.05) is 26.2 Å². The van der Waals surface area contributed by atoms with Gasteiger partial charge in [-0.1, -0.05) is 12.8 Å². The van der Waals surface area contributed by atoms with E-state index >= 15 is 0 Å². The Bertz CT molecular complexity index is 367. The summed E-state index contributed by atoms with van der Waals surface area (Å²) < 4.78 is 5.47. The van der Waals surface area contributed by atoms with E-state index < -0.39 is 5.97 Å². The minimum atomic E-state index is -0.853. The first-order valence-corrected chi connectivity index (χ1v) is 7.94. The number of amides is 1. The minimum Gasteiger partial charge on any atom is -0.481 e. The smallest absolute Gasteiger partial charge is 0.306 e. The van der Waals surface area contributed by atoms with E-state index in [4.69, 9.17) is 9.84 Å². The number of likely N-dealkylation sites (tertiary alicyclic amines) is 1. The second kappa shape index (κ2) is 7.75. The largest absolute Gasteiger partial charge is 0.481 e. The molecule has 0 aromatic heterocycles. The zero-order chi connectivity index (χ0) is 15.2. The molecule has 6 nitrogen and oxygen atoms in total. The van der Waals surface area contributed by atoms with Gasteiger partial charge in [0.25, 0.3) is 0 Å². The summed E-state index contributed by atoms with van der Waals surface area (Å²) in [6.45, 7) is 5.34. The summed E-state index contributed by atoms with van der Waals surface area (Å²) >= 11 is 0. The molecule has 0 aromatic rings. The number of morpholine rings is 1. The predicted molar refractivity (Wildman–Crippen MR) is 78.1 cm³/mol. The molecule has 2 unspecified atom stereocenters. The van der Waals surface area contributed by atoms with Gasteiger partial charge in [-0.2, -0.15) is 0 Å². The molecule has 120 valence electrons. The van der Waals surface area contributed by atoms with Gasteiger partial charge in [-0.3, -0.25) is 14.5 Å². The quantitative estimate of drug-likeness (QED) is 0.837. The average molecular weight is 298 g/mol. The molecule has 2 aliphatic heterocycles. The summed E-state index contributed by atoms with van der Waals surface area (Å²) in [5, 5.41) is 8.86. The molecule has 2 aliphatic rings. The van der Waals surface area contributed by atoms with Crippen LogP contribution in [0.4, 0.5) is 0 Å². The summed E-state index contributed by atoms with van der Waals surface area (Å²) in [5.74, 6) is -0.679. The van der Waals surface area contributed by atoms with Crippen LogP contribution in [0.3, 0.4) is 0 Å². The summed E-state index contributed by atoms with van der Waals surface area (Å²) in [6.07, 6.45) is 4.27. The molecule has 21 heavy (non-hydrogen) atoms. The van der Waals surface area contributed by atoms with Crippen molar-refractivity contribution < 1.29 is 19.4 Å². The van der Waals surface area contributed by atoms with Crippen LogP contribution in [0.25, 0.3) is 0 Å². The van der Waals surface area contributed by atoms with Crippen molar-refractivity contribution in [1.82, 2.24) is 9.80 Å². The number of carbonyl (C=O) groups excluding carboxylic acids is 1. The van der Waals surface area contributed by atoms with E-state index in [1.54, 1.807) is 0 Å². The maximum atomic E-state index is 12.6. The summed E-state index contributed by atoms with van der Waals surface area (Å²) in [6, 6.07) is -0.191. The Morgan fingerprint density at radius 1 is 1.19 bits per heavy atom. The number of hydrogen-bond donors (Lipinski definition) is 1. The van der Waals surface area contributed by atoms with E-state index in [0.29, 0.717) is 19.7 Å². The lowest BCUT2D eigenvalue weighted by Gasteiger charge is -2.37. The topological polar surface area (TPSA) is 70.1 Å². The van der Waals surface area contributed by atoms with Crippen LogP contribution >= 0.6 is 0 Å². The van der Waals surface area contributed by atoms with Gasteiger partial charge in [0.1, 0.15) is 0 Å². The Balaban J connectivity index is 1.89. The molecule has 0 radical (unpaired) electrons. The second-order valence-electron chi connectivity index (χ2n) is 6.00. The van der Waals surface area contributed by atoms with Crippen LogP contribution in [0.15, 0.2) is 0 Å². The van der Waals surface area contributed by atoms with E-state index in [2.05, 4.69) is 4.90 Å². The lowest BCUT2D eigenvalue weighted by Crippen LogP contribution is -2.53. The molecule has 2 rings (SSSR count). The molecule has 2 fully saturated rings. The van der Waals surface area contributed by atoms with Crippen molar-refractivity contribution in [2.75, 3.05) is 32.8 Å². The van der Waals surface area contributed by atoms with Gasteiger partial charge in [-0.25, -0.2) is 0 Å². The highest BCUT2D eigenvalue weighted by molar-refractivity contribution is 5.81. The fourth-order valence-corrected chi connectivity index (χ4v) is 3.12. The summed E-state index contributed by atoms with van der Waals surface area (Å²) in [5.41, 5.74) is 0. The van der Waals surface area contributed by atoms with Gasteiger partial charge in [-0.15, -0.1) is 0 Å². The molecule has 0 aliphatic carbocycles. The number of carboxylic acid groups (broad SMARTS) is 1. The molecular weight excluding hydrogens is 272 g/mol. The van der Waals surface area contributed by atoms with Crippen LogP contribution in [0.1, 0.15) is 39.0 Å². The van der Waals surface area contributed by atoms with Crippen molar-refractivity contribution in [2.24, 2.45) is 0 Å². The van der Waals surface area contributed by atoms with Crippen LogP contribution in [0.2, 0.25) is 0 Å². The number of carbonyl (C=O) groups is 2. The maximum absolute atomic E-state index is 12.6. The normalized spacial score (nSPS) is 26.1. The fraction of sp³-hybridized carbons (Fsp3) is 0.867. The summed E-state index contributed by atoms with van der Waals surface area (Å²) in [7, 11) is 0. The van der Waals surface area contributed by atoms with Crippen LogP contribution in [-0.2, 0) is 14.3 Å². The van der Waals surface area contributed by atoms with Crippen molar-refractivity contribution in [3.05, 3.63) is 0 Å². The van der Waals surface area contributed by atoms with Crippen molar-refractivity contribution in [1.29, 1.82) is 0 Å². The number of carboxylic acids is 1. The molecule has 1 amide bonds. The lowest BCUT2D eigenvalue weighted by atomic mass is 10.1. The van der Waals surface area contributed by atoms with Crippen LogP contribution in [0.5, 0.6) is 0 Å². The third-order valence-electron chi connectivity index (χ3n) is 4.40. The number of aliphatic carboxylic acids is 1. The van der Waals surface area contributed by atoms with Gasteiger partial charge >= 0.3 is 5.97 Å². The van der Waals surface area contributed by atoms with E-state index in [1.165, 1.54) is 12.8 Å². The van der Waals surface area contributed by atoms with Crippen molar-refractivity contribution in [2.45, 2.75) is 51.2 Å². The maximum Gasteiger partial charge on any atom is 0.306 e. The Labute approximate surface area is 126 Å². The third kappa shape index (κ3) is 4.68. The monoisotopic (exact) mass is 298 g/mol. The van der Waals surface area contributed by atoms with Gasteiger partial charge in [0.05, 0.1) is 25.2 Å². The van der Waals surface area contributed by atoms with E-state index in [9.17, 15) is 9.59 Å². The standard InChI is InChI=1S/C15H26N2O4/c1-12(15(20)16-6-4-2-3-5-7-16)17-8-9-21-13(11-17)10-14(18)19/h12-13H,2-11H2,1H3,(H,18,19). The van der Waals surface area contributed by atoms with Gasteiger partial charge in [0.2, 0.25) is 5.91 Å². The zero-order valence-electron chi connectivity index (χ0n) is 12.8. The summed E-state index contributed by atoms with van der Waals surface area (Å²) in [4.78, 5) is 27.4.